The van der Waals surface area contributed by atoms with Gasteiger partial charge in [0.15, 0.2) is 0 Å². The summed E-state index contributed by atoms with van der Waals surface area (Å²) in [4.78, 5) is 0. The van der Waals surface area contributed by atoms with Crippen molar-refractivity contribution < 1.29 is 22.8 Å². The number of hydrogen-bond donors (Lipinski definition) is 2. The second kappa shape index (κ2) is 6.22. The lowest BCUT2D eigenvalue weighted by molar-refractivity contribution is -0.748. The van der Waals surface area contributed by atoms with Crippen LogP contribution in [-0.4, -0.2) is 17.2 Å². The number of hydrogen-bond acceptors (Lipinski definition) is 1. The smallest absolute Gasteiger partial charge is 0.135 e. The lowest BCUT2D eigenvalue weighted by atomic mass is 9.53. The molecule has 0 amide bonds. The largest absolute Gasteiger partial charge is 1.00 e. The molecule has 128 valence electrons. The van der Waals surface area contributed by atoms with Gasteiger partial charge in [0.1, 0.15) is 12.1 Å². The lowest BCUT2D eigenvalue weighted by Gasteiger charge is -2.55. The SMILES string of the molecule is CC(O)(C[NH2+]C12CC3CC(CC(C3)C1)C2)c1ccc(Cl)cc1.[Cl-]. The molecule has 0 spiro atoms. The summed E-state index contributed by atoms with van der Waals surface area (Å²) in [6.45, 7) is 2.69. The second-order valence-corrected chi connectivity index (χ2v) is 8.91. The molecule has 1 unspecified atom stereocenters. The van der Waals surface area contributed by atoms with Gasteiger partial charge in [0.2, 0.25) is 0 Å². The highest BCUT2D eigenvalue weighted by Gasteiger charge is 2.53. The average molecular weight is 356 g/mol. The Hall–Kier alpha value is -0.280. The van der Waals surface area contributed by atoms with E-state index < -0.39 is 5.60 Å². The summed E-state index contributed by atoms with van der Waals surface area (Å²) in [5.41, 5.74) is 0.608. The van der Waals surface area contributed by atoms with Crippen molar-refractivity contribution in [2.24, 2.45) is 17.8 Å². The quantitative estimate of drug-likeness (QED) is 0.788. The number of benzene rings is 1. The van der Waals surface area contributed by atoms with E-state index in [-0.39, 0.29) is 12.4 Å². The Balaban J connectivity index is 0.00000156. The number of aliphatic hydroxyl groups is 1. The van der Waals surface area contributed by atoms with Crippen molar-refractivity contribution in [3.8, 4) is 0 Å². The van der Waals surface area contributed by atoms with Gasteiger partial charge in [0.05, 0.1) is 5.54 Å². The minimum Gasteiger partial charge on any atom is -1.00 e. The van der Waals surface area contributed by atoms with Crippen molar-refractivity contribution in [3.63, 3.8) is 0 Å². The first kappa shape index (κ1) is 17.5. The van der Waals surface area contributed by atoms with Gasteiger partial charge in [-0.05, 0) is 61.6 Å². The molecule has 0 heterocycles. The van der Waals surface area contributed by atoms with Crippen LogP contribution in [0.3, 0.4) is 0 Å². The first-order chi connectivity index (χ1) is 10.4. The van der Waals surface area contributed by atoms with Gasteiger partial charge < -0.3 is 22.8 Å². The molecule has 3 N–H and O–H groups in total. The van der Waals surface area contributed by atoms with Gasteiger partial charge in [0, 0.05) is 24.3 Å². The van der Waals surface area contributed by atoms with Crippen LogP contribution >= 0.6 is 11.6 Å². The topological polar surface area (TPSA) is 36.8 Å². The third-order valence-electron chi connectivity index (χ3n) is 6.48. The Morgan fingerprint density at radius 3 is 2.04 bits per heavy atom. The molecule has 4 aliphatic carbocycles. The van der Waals surface area contributed by atoms with Crippen LogP contribution in [0.1, 0.15) is 51.0 Å². The molecule has 2 nitrogen and oxygen atoms in total. The van der Waals surface area contributed by atoms with Crippen LogP contribution < -0.4 is 17.7 Å². The van der Waals surface area contributed by atoms with Gasteiger partial charge in [-0.3, -0.25) is 0 Å². The van der Waals surface area contributed by atoms with Crippen LogP contribution in [-0.2, 0) is 5.60 Å². The van der Waals surface area contributed by atoms with E-state index in [1.54, 1.807) is 0 Å². The molecule has 0 aromatic heterocycles. The fraction of sp³-hybridized carbons (Fsp3) is 0.684. The Kier molecular flexibility index (Phi) is 4.74. The molecule has 23 heavy (non-hydrogen) atoms. The molecule has 1 atom stereocenters. The fourth-order valence-corrected chi connectivity index (χ4v) is 5.90. The first-order valence-corrected chi connectivity index (χ1v) is 9.15. The van der Waals surface area contributed by atoms with E-state index in [0.29, 0.717) is 5.54 Å². The van der Waals surface area contributed by atoms with Crippen LogP contribution in [0.15, 0.2) is 24.3 Å². The van der Waals surface area contributed by atoms with E-state index in [0.717, 1.165) is 34.9 Å². The summed E-state index contributed by atoms with van der Waals surface area (Å²) < 4.78 is 0. The van der Waals surface area contributed by atoms with Crippen molar-refractivity contribution in [1.29, 1.82) is 0 Å². The summed E-state index contributed by atoms with van der Waals surface area (Å²) in [6.07, 6.45) is 8.53. The van der Waals surface area contributed by atoms with E-state index in [1.807, 2.05) is 31.2 Å². The Bertz CT molecular complexity index is 520. The molecular formula is C19H27Cl2NO. The van der Waals surface area contributed by atoms with Crippen LogP contribution in [0.2, 0.25) is 5.02 Å². The molecule has 1 aromatic rings. The second-order valence-electron chi connectivity index (χ2n) is 8.47. The highest BCUT2D eigenvalue weighted by Crippen LogP contribution is 2.54. The maximum atomic E-state index is 10.9. The highest BCUT2D eigenvalue weighted by atomic mass is 35.5. The van der Waals surface area contributed by atoms with E-state index >= 15 is 0 Å². The standard InChI is InChI=1S/C19H26ClNO.ClH/c1-18(22,16-2-4-17(20)5-3-16)12-21-19-9-13-6-14(10-19)8-15(7-13)11-19;/h2-5,13-15,21-22H,6-12H2,1H3;1H. The number of nitrogens with two attached hydrogens (primary N) is 1. The molecule has 4 fully saturated rings. The zero-order valence-electron chi connectivity index (χ0n) is 13.8. The van der Waals surface area contributed by atoms with Crippen LogP contribution in [0.25, 0.3) is 0 Å². The van der Waals surface area contributed by atoms with Crippen LogP contribution in [0.5, 0.6) is 0 Å². The molecule has 4 heteroatoms. The molecule has 4 aliphatic rings. The van der Waals surface area contributed by atoms with Gasteiger partial charge in [0.25, 0.3) is 0 Å². The van der Waals surface area contributed by atoms with Crippen molar-refractivity contribution in [2.75, 3.05) is 6.54 Å². The zero-order chi connectivity index (χ0) is 15.4. The van der Waals surface area contributed by atoms with E-state index in [9.17, 15) is 5.11 Å². The van der Waals surface area contributed by atoms with Crippen LogP contribution in [0, 0.1) is 17.8 Å². The van der Waals surface area contributed by atoms with Crippen molar-refractivity contribution in [3.05, 3.63) is 34.9 Å². The molecule has 4 saturated carbocycles. The van der Waals surface area contributed by atoms with E-state index in [2.05, 4.69) is 5.32 Å². The summed E-state index contributed by atoms with van der Waals surface area (Å²) in [7, 11) is 0. The predicted molar refractivity (Wildman–Crippen MR) is 88.7 cm³/mol. The summed E-state index contributed by atoms with van der Waals surface area (Å²) >= 11 is 5.96. The predicted octanol–water partition coefficient (Wildman–Crippen LogP) is 0.0837. The normalized spacial score (nSPS) is 37.3. The summed E-state index contributed by atoms with van der Waals surface area (Å²) in [5.74, 6) is 2.88. The summed E-state index contributed by atoms with van der Waals surface area (Å²) in [6, 6.07) is 7.65. The average Bonchev–Trinajstić information content (AvgIpc) is 2.45. The minimum atomic E-state index is -0.784. The van der Waals surface area contributed by atoms with Crippen molar-refractivity contribution >= 4 is 11.6 Å². The summed E-state index contributed by atoms with van der Waals surface area (Å²) in [5, 5.41) is 14.1. The highest BCUT2D eigenvalue weighted by molar-refractivity contribution is 6.30. The molecule has 1 aromatic carbocycles. The number of quaternary nitrogens is 1. The molecule has 0 saturated heterocycles. The number of rotatable bonds is 4. The number of halogens is 2. The van der Waals surface area contributed by atoms with Gasteiger partial charge >= 0.3 is 0 Å². The third-order valence-corrected chi connectivity index (χ3v) is 6.74. The molecule has 0 radical (unpaired) electrons. The maximum Gasteiger partial charge on any atom is 0.135 e. The van der Waals surface area contributed by atoms with Crippen molar-refractivity contribution in [2.45, 2.75) is 56.6 Å². The van der Waals surface area contributed by atoms with Gasteiger partial charge in [-0.25, -0.2) is 0 Å². The monoisotopic (exact) mass is 355 g/mol. The van der Waals surface area contributed by atoms with Gasteiger partial charge in [-0.1, -0.05) is 23.7 Å². The van der Waals surface area contributed by atoms with Crippen molar-refractivity contribution in [1.82, 2.24) is 0 Å². The maximum absolute atomic E-state index is 10.9. The molecular weight excluding hydrogens is 329 g/mol. The first-order valence-electron chi connectivity index (χ1n) is 8.77. The van der Waals surface area contributed by atoms with E-state index in [4.69, 9.17) is 11.6 Å². The lowest BCUT2D eigenvalue weighted by Crippen LogP contribution is -3.00. The fourth-order valence-electron chi connectivity index (χ4n) is 5.77. The molecule has 0 aliphatic heterocycles. The Morgan fingerprint density at radius 1 is 1.09 bits per heavy atom. The molecule has 5 rings (SSSR count). The zero-order valence-corrected chi connectivity index (χ0v) is 15.3. The Labute approximate surface area is 150 Å². The van der Waals surface area contributed by atoms with Crippen LogP contribution in [0.4, 0.5) is 0 Å². The van der Waals surface area contributed by atoms with Gasteiger partial charge in [-0.15, -0.1) is 0 Å². The molecule has 4 bridgehead atoms. The minimum absolute atomic E-state index is 0. The Morgan fingerprint density at radius 2 is 1.57 bits per heavy atom. The third kappa shape index (κ3) is 3.42. The van der Waals surface area contributed by atoms with Gasteiger partial charge in [-0.2, -0.15) is 0 Å². The van der Waals surface area contributed by atoms with E-state index in [1.165, 1.54) is 38.5 Å².